The Hall–Kier alpha value is -3.72. The number of imide groups is 1. The third kappa shape index (κ3) is 3.48. The van der Waals surface area contributed by atoms with Crippen LogP contribution in [0.4, 0.5) is 4.39 Å². The maximum Gasteiger partial charge on any atom is 0.255 e. The van der Waals surface area contributed by atoms with Crippen molar-refractivity contribution < 1.29 is 27.9 Å². The first-order valence-electron chi connectivity index (χ1n) is 12.7. The monoisotopic (exact) mass is 503 g/mol. The summed E-state index contributed by atoms with van der Waals surface area (Å²) >= 11 is 0. The van der Waals surface area contributed by atoms with Gasteiger partial charge in [-0.25, -0.2) is 4.39 Å². The number of halogens is 1. The molecule has 1 spiro atoms. The van der Waals surface area contributed by atoms with Gasteiger partial charge in [0, 0.05) is 46.0 Å². The smallest absolute Gasteiger partial charge is 0.255 e. The lowest BCUT2D eigenvalue weighted by atomic mass is 9.74. The molecule has 0 saturated carbocycles. The number of fused-ring (bicyclic) bond motifs is 5. The van der Waals surface area contributed by atoms with E-state index in [0.29, 0.717) is 31.7 Å². The van der Waals surface area contributed by atoms with Gasteiger partial charge in [-0.2, -0.15) is 0 Å². The van der Waals surface area contributed by atoms with Crippen LogP contribution >= 0.6 is 0 Å². The number of piperidine rings is 2. The summed E-state index contributed by atoms with van der Waals surface area (Å²) in [7, 11) is 0. The highest BCUT2D eigenvalue weighted by atomic mass is 19.1. The van der Waals surface area contributed by atoms with E-state index < -0.39 is 11.9 Å². The molecule has 7 rings (SSSR count). The average Bonchev–Trinajstić information content (AvgIpc) is 3.58. The summed E-state index contributed by atoms with van der Waals surface area (Å²) < 4.78 is 26.0. The van der Waals surface area contributed by atoms with Crippen LogP contribution < -0.4 is 10.1 Å². The van der Waals surface area contributed by atoms with E-state index in [4.69, 9.17) is 9.15 Å². The van der Waals surface area contributed by atoms with Gasteiger partial charge < -0.3 is 14.1 Å². The molecule has 9 heteroatoms. The highest BCUT2D eigenvalue weighted by molar-refractivity contribution is 6.05. The molecule has 3 aromatic rings. The first kappa shape index (κ1) is 22.5. The van der Waals surface area contributed by atoms with Crippen molar-refractivity contribution in [2.75, 3.05) is 19.7 Å². The Morgan fingerprint density at radius 1 is 1.11 bits per heavy atom. The molecule has 190 valence electrons. The van der Waals surface area contributed by atoms with E-state index in [0.717, 1.165) is 59.3 Å². The topological polar surface area (TPSA) is 92.1 Å². The number of nitrogens with one attached hydrogen (secondary N) is 1. The zero-order valence-electron chi connectivity index (χ0n) is 20.2. The van der Waals surface area contributed by atoms with Gasteiger partial charge in [0.2, 0.25) is 11.8 Å². The van der Waals surface area contributed by atoms with Crippen LogP contribution in [0.25, 0.3) is 11.0 Å². The minimum atomic E-state index is -0.643. The lowest BCUT2D eigenvalue weighted by molar-refractivity contribution is -0.136. The van der Waals surface area contributed by atoms with Gasteiger partial charge in [0.15, 0.2) is 0 Å². The minimum Gasteiger partial charge on any atom is -0.492 e. The van der Waals surface area contributed by atoms with Crippen molar-refractivity contribution >= 4 is 28.7 Å². The number of hydrogen-bond donors (Lipinski definition) is 1. The van der Waals surface area contributed by atoms with Crippen LogP contribution in [-0.4, -0.2) is 53.3 Å². The van der Waals surface area contributed by atoms with Gasteiger partial charge in [-0.15, -0.1) is 0 Å². The number of amides is 3. The predicted octanol–water partition coefficient (Wildman–Crippen LogP) is 3.26. The van der Waals surface area contributed by atoms with E-state index in [-0.39, 0.29) is 29.5 Å². The standard InChI is InChI=1S/C28H26FN3O5/c29-18-11-16-5-10-36-24(16)17(12-18)13-31-8-6-28(7-9-31)15-37-25-20-14-32(22-3-4-23(33)30-26(22)34)27(35)19(20)1-2-21(25)28/h1-2,5,10-12,22H,3-4,6-9,13-15H2,(H,30,33,34). The average molecular weight is 504 g/mol. The molecular weight excluding hydrogens is 477 g/mol. The van der Waals surface area contributed by atoms with Gasteiger partial charge in [0.1, 0.15) is 23.2 Å². The number of rotatable bonds is 3. The van der Waals surface area contributed by atoms with E-state index in [1.807, 2.05) is 12.1 Å². The summed E-state index contributed by atoms with van der Waals surface area (Å²) in [6.07, 6.45) is 3.94. The van der Waals surface area contributed by atoms with E-state index in [1.54, 1.807) is 23.3 Å². The molecule has 2 aromatic carbocycles. The lowest BCUT2D eigenvalue weighted by Crippen LogP contribution is -2.52. The molecular formula is C28H26FN3O5. The summed E-state index contributed by atoms with van der Waals surface area (Å²) in [5, 5.41) is 3.13. The number of likely N-dealkylation sites (tertiary alicyclic amines) is 1. The maximum absolute atomic E-state index is 14.1. The van der Waals surface area contributed by atoms with Gasteiger partial charge in [-0.1, -0.05) is 6.07 Å². The van der Waals surface area contributed by atoms with Gasteiger partial charge in [0.25, 0.3) is 5.91 Å². The van der Waals surface area contributed by atoms with Crippen LogP contribution in [0, 0.1) is 5.82 Å². The second kappa shape index (κ2) is 8.14. The van der Waals surface area contributed by atoms with Crippen LogP contribution in [-0.2, 0) is 28.1 Å². The zero-order chi connectivity index (χ0) is 25.3. The summed E-state index contributed by atoms with van der Waals surface area (Å²) in [6.45, 7) is 3.15. The molecule has 2 fully saturated rings. The minimum absolute atomic E-state index is 0.131. The second-order valence-corrected chi connectivity index (χ2v) is 10.6. The highest BCUT2D eigenvalue weighted by Gasteiger charge is 2.47. The van der Waals surface area contributed by atoms with Crippen molar-refractivity contribution in [3.8, 4) is 5.75 Å². The maximum atomic E-state index is 14.1. The molecule has 37 heavy (non-hydrogen) atoms. The molecule has 1 unspecified atom stereocenters. The van der Waals surface area contributed by atoms with E-state index >= 15 is 0 Å². The molecule has 0 aliphatic carbocycles. The number of nitrogens with zero attached hydrogens (tertiary/aromatic N) is 2. The second-order valence-electron chi connectivity index (χ2n) is 10.6. The van der Waals surface area contributed by atoms with Crippen LogP contribution in [0.5, 0.6) is 5.75 Å². The fraction of sp³-hybridized carbons (Fsp3) is 0.393. The molecule has 1 aromatic heterocycles. The quantitative estimate of drug-likeness (QED) is 0.552. The Morgan fingerprint density at radius 2 is 1.95 bits per heavy atom. The van der Waals surface area contributed by atoms with Crippen molar-refractivity contribution in [1.82, 2.24) is 15.1 Å². The van der Waals surface area contributed by atoms with Crippen LogP contribution in [0.15, 0.2) is 41.0 Å². The summed E-state index contributed by atoms with van der Waals surface area (Å²) in [4.78, 5) is 41.0. The first-order valence-corrected chi connectivity index (χ1v) is 12.7. The molecule has 8 nitrogen and oxygen atoms in total. The number of carbonyl (C=O) groups is 3. The summed E-state index contributed by atoms with van der Waals surface area (Å²) in [5.74, 6) is -0.384. The SMILES string of the molecule is O=C1CCC(N2Cc3c(ccc4c3OCC43CCN(Cc4cc(F)cc5ccoc45)CC3)C2=O)C(=O)N1. The Bertz CT molecular complexity index is 1470. The zero-order valence-corrected chi connectivity index (χ0v) is 20.2. The summed E-state index contributed by atoms with van der Waals surface area (Å²) in [5.41, 5.74) is 4.00. The molecule has 4 aliphatic heterocycles. The van der Waals surface area contributed by atoms with Crippen molar-refractivity contribution in [3.05, 3.63) is 64.7 Å². The lowest BCUT2D eigenvalue weighted by Gasteiger charge is -2.38. The first-order chi connectivity index (χ1) is 17.9. The van der Waals surface area contributed by atoms with Crippen molar-refractivity contribution in [3.63, 3.8) is 0 Å². The Balaban J connectivity index is 1.10. The normalized spacial score (nSPS) is 22.9. The van der Waals surface area contributed by atoms with Gasteiger partial charge in [-0.05, 0) is 56.6 Å². The van der Waals surface area contributed by atoms with E-state index in [9.17, 15) is 18.8 Å². The summed E-state index contributed by atoms with van der Waals surface area (Å²) in [6, 6.07) is 8.07. The Labute approximate surface area is 212 Å². The van der Waals surface area contributed by atoms with Gasteiger partial charge in [-0.3, -0.25) is 24.6 Å². The van der Waals surface area contributed by atoms with Crippen LogP contribution in [0.2, 0.25) is 0 Å². The largest absolute Gasteiger partial charge is 0.492 e. The van der Waals surface area contributed by atoms with Crippen molar-refractivity contribution in [1.29, 1.82) is 0 Å². The van der Waals surface area contributed by atoms with Crippen LogP contribution in [0.1, 0.15) is 52.7 Å². The number of furan rings is 1. The molecule has 0 bridgehead atoms. The van der Waals surface area contributed by atoms with E-state index in [2.05, 4.69) is 10.2 Å². The number of carbonyl (C=O) groups excluding carboxylic acids is 3. The highest BCUT2D eigenvalue weighted by Crippen LogP contribution is 2.49. The molecule has 1 N–H and O–H groups in total. The third-order valence-corrected chi connectivity index (χ3v) is 8.53. The molecule has 4 aliphatic rings. The number of hydrogen-bond acceptors (Lipinski definition) is 6. The molecule has 5 heterocycles. The molecule has 0 radical (unpaired) electrons. The Morgan fingerprint density at radius 3 is 2.76 bits per heavy atom. The van der Waals surface area contributed by atoms with Crippen LogP contribution in [0.3, 0.4) is 0 Å². The third-order valence-electron chi connectivity index (χ3n) is 8.53. The predicted molar refractivity (Wildman–Crippen MR) is 130 cm³/mol. The molecule has 3 amide bonds. The van der Waals surface area contributed by atoms with Gasteiger partial charge in [0.05, 0.1) is 19.4 Å². The number of benzene rings is 2. The fourth-order valence-electron chi connectivity index (χ4n) is 6.51. The fourth-order valence-corrected chi connectivity index (χ4v) is 6.51. The van der Waals surface area contributed by atoms with Crippen molar-refractivity contribution in [2.24, 2.45) is 0 Å². The van der Waals surface area contributed by atoms with Crippen molar-refractivity contribution in [2.45, 2.75) is 50.2 Å². The Kier molecular flexibility index (Phi) is 4.95. The van der Waals surface area contributed by atoms with Gasteiger partial charge >= 0.3 is 0 Å². The van der Waals surface area contributed by atoms with E-state index in [1.165, 1.54) is 6.07 Å². The molecule has 2 saturated heterocycles. The number of ether oxygens (including phenoxy) is 1. The molecule has 1 atom stereocenters.